The summed E-state index contributed by atoms with van der Waals surface area (Å²) in [7, 11) is -5.20. The minimum Gasteiger partial charge on any atom is -0.512 e. The SMILES string of the molecule is CC(C)O[Si](C)(C[Si](C)(Oc1ccccc1)Oc1ccccc1)OC(C)C. The molecule has 2 aromatic carbocycles. The van der Waals surface area contributed by atoms with Crippen molar-refractivity contribution in [2.45, 2.75) is 58.7 Å². The van der Waals surface area contributed by atoms with E-state index in [1.165, 1.54) is 0 Å². The topological polar surface area (TPSA) is 36.9 Å². The summed E-state index contributed by atoms with van der Waals surface area (Å²) in [5.41, 5.74) is 0.667. The maximum absolute atomic E-state index is 6.46. The first-order chi connectivity index (χ1) is 12.7. The highest BCUT2D eigenvalue weighted by atomic mass is 28.4. The van der Waals surface area contributed by atoms with Gasteiger partial charge in [-0.1, -0.05) is 36.4 Å². The first kappa shape index (κ1) is 21.7. The van der Waals surface area contributed by atoms with Gasteiger partial charge in [0.25, 0.3) is 0 Å². The molecule has 0 radical (unpaired) electrons. The molecule has 0 N–H and O–H groups in total. The summed E-state index contributed by atoms with van der Waals surface area (Å²) in [6, 6.07) is 19.7. The van der Waals surface area contributed by atoms with Crippen molar-refractivity contribution in [2.75, 3.05) is 0 Å². The average Bonchev–Trinajstić information content (AvgIpc) is 2.54. The summed E-state index contributed by atoms with van der Waals surface area (Å²) in [6.07, 6.45) is 0.180. The van der Waals surface area contributed by atoms with Gasteiger partial charge in [-0.05, 0) is 58.5 Å². The monoisotopic (exact) mass is 404 g/mol. The van der Waals surface area contributed by atoms with Crippen molar-refractivity contribution < 1.29 is 17.7 Å². The van der Waals surface area contributed by atoms with E-state index < -0.39 is 17.1 Å². The molecule has 0 atom stereocenters. The molecule has 0 fully saturated rings. The molecule has 6 heteroatoms. The molecule has 0 aliphatic carbocycles. The molecule has 0 aliphatic rings. The lowest BCUT2D eigenvalue weighted by Crippen LogP contribution is -2.56. The molecule has 2 rings (SSSR count). The van der Waals surface area contributed by atoms with Gasteiger partial charge in [0.2, 0.25) is 0 Å². The number of hydrogen-bond donors (Lipinski definition) is 0. The van der Waals surface area contributed by atoms with Gasteiger partial charge in [0.15, 0.2) is 0 Å². The second-order valence-corrected chi connectivity index (χ2v) is 14.4. The van der Waals surface area contributed by atoms with Crippen molar-refractivity contribution in [3.05, 3.63) is 60.7 Å². The Morgan fingerprint density at radius 2 is 1.00 bits per heavy atom. The van der Waals surface area contributed by atoms with Crippen molar-refractivity contribution in [3.63, 3.8) is 0 Å². The number of para-hydroxylation sites is 2. The van der Waals surface area contributed by atoms with Crippen LogP contribution in [0.5, 0.6) is 11.5 Å². The quantitative estimate of drug-likeness (QED) is 0.478. The number of hydrogen-bond acceptors (Lipinski definition) is 4. The summed E-state index contributed by atoms with van der Waals surface area (Å²) in [6.45, 7) is 12.4. The molecule has 148 valence electrons. The molecule has 0 saturated heterocycles. The molecule has 0 heterocycles. The first-order valence-corrected chi connectivity index (χ1v) is 14.6. The largest absolute Gasteiger partial charge is 0.512 e. The third-order valence-corrected chi connectivity index (χ3v) is 12.2. The van der Waals surface area contributed by atoms with Crippen LogP contribution < -0.4 is 8.85 Å². The minimum atomic E-state index is -2.69. The molecular weight excluding hydrogens is 372 g/mol. The van der Waals surface area contributed by atoms with Gasteiger partial charge < -0.3 is 17.7 Å². The van der Waals surface area contributed by atoms with E-state index in [9.17, 15) is 0 Å². The van der Waals surface area contributed by atoms with E-state index in [0.717, 1.165) is 11.5 Å². The van der Waals surface area contributed by atoms with E-state index in [4.69, 9.17) is 17.7 Å². The summed E-state index contributed by atoms with van der Waals surface area (Å²) in [5, 5.41) is 0. The molecular formula is C21H32O4Si2. The Labute approximate surface area is 165 Å². The summed E-state index contributed by atoms with van der Waals surface area (Å²) >= 11 is 0. The Hall–Kier alpha value is -1.61. The summed E-state index contributed by atoms with van der Waals surface area (Å²) in [5.74, 6) is 1.63. The maximum atomic E-state index is 6.46. The smallest absolute Gasteiger partial charge is 0.459 e. The van der Waals surface area contributed by atoms with E-state index in [2.05, 4.69) is 13.1 Å². The van der Waals surface area contributed by atoms with Gasteiger partial charge in [-0.25, -0.2) is 0 Å². The molecule has 0 unspecified atom stereocenters. The zero-order valence-corrected chi connectivity index (χ0v) is 19.3. The molecule has 0 saturated carbocycles. The highest BCUT2D eigenvalue weighted by molar-refractivity contribution is 6.85. The van der Waals surface area contributed by atoms with Crippen molar-refractivity contribution in [3.8, 4) is 11.5 Å². The van der Waals surface area contributed by atoms with Crippen LogP contribution in [0.4, 0.5) is 0 Å². The average molecular weight is 405 g/mol. The van der Waals surface area contributed by atoms with Gasteiger partial charge >= 0.3 is 17.1 Å². The van der Waals surface area contributed by atoms with Crippen molar-refractivity contribution >= 4 is 17.1 Å². The van der Waals surface area contributed by atoms with Crippen LogP contribution in [0.1, 0.15) is 27.7 Å². The fourth-order valence-corrected chi connectivity index (χ4v) is 12.5. The zero-order valence-electron chi connectivity index (χ0n) is 17.3. The fourth-order valence-electron chi connectivity index (χ4n) is 3.26. The molecule has 2 aromatic rings. The van der Waals surface area contributed by atoms with Gasteiger partial charge in [0.1, 0.15) is 11.5 Å². The van der Waals surface area contributed by atoms with Crippen LogP contribution in [0, 0.1) is 0 Å². The molecule has 0 bridgehead atoms. The maximum Gasteiger partial charge on any atom is 0.459 e. The second kappa shape index (κ2) is 9.55. The third-order valence-electron chi connectivity index (χ3n) is 3.77. The molecule has 0 amide bonds. The van der Waals surface area contributed by atoms with Crippen LogP contribution in [0.3, 0.4) is 0 Å². The first-order valence-electron chi connectivity index (χ1n) is 9.53. The highest BCUT2D eigenvalue weighted by Crippen LogP contribution is 2.29. The lowest BCUT2D eigenvalue weighted by Gasteiger charge is -2.37. The van der Waals surface area contributed by atoms with E-state index in [1.54, 1.807) is 0 Å². The Balaban J connectivity index is 2.31. The van der Waals surface area contributed by atoms with Crippen LogP contribution in [0.25, 0.3) is 0 Å². The van der Waals surface area contributed by atoms with Crippen LogP contribution >= 0.6 is 0 Å². The van der Waals surface area contributed by atoms with E-state index >= 15 is 0 Å². The fraction of sp³-hybridized carbons (Fsp3) is 0.429. The van der Waals surface area contributed by atoms with Gasteiger partial charge in [-0.2, -0.15) is 0 Å². The van der Waals surface area contributed by atoms with Gasteiger partial charge in [-0.3, -0.25) is 0 Å². The van der Waals surface area contributed by atoms with Crippen LogP contribution in [0.2, 0.25) is 18.8 Å². The lowest BCUT2D eigenvalue weighted by atomic mass is 10.3. The van der Waals surface area contributed by atoms with Gasteiger partial charge in [-0.15, -0.1) is 0 Å². The van der Waals surface area contributed by atoms with Crippen molar-refractivity contribution in [1.82, 2.24) is 0 Å². The van der Waals surface area contributed by atoms with Crippen LogP contribution in [-0.4, -0.2) is 29.3 Å². The highest BCUT2D eigenvalue weighted by Gasteiger charge is 2.49. The molecule has 0 aliphatic heterocycles. The minimum absolute atomic E-state index is 0.0899. The third kappa shape index (κ3) is 7.50. The van der Waals surface area contributed by atoms with E-state index in [1.807, 2.05) is 88.4 Å². The Kier molecular flexibility index (Phi) is 7.67. The standard InChI is InChI=1S/C21H32O4Si2/c1-18(2)22-26(5,23-19(3)4)17-27(6,24-20-13-9-7-10-14-20)25-21-15-11-8-12-16-21/h7-16,18-19H,17H2,1-6H3. The Morgan fingerprint density at radius 3 is 1.33 bits per heavy atom. The molecule has 4 nitrogen and oxygen atoms in total. The molecule has 27 heavy (non-hydrogen) atoms. The zero-order chi connectivity index (χ0) is 19.9. The Morgan fingerprint density at radius 1 is 0.630 bits per heavy atom. The summed E-state index contributed by atoms with van der Waals surface area (Å²) < 4.78 is 25.5. The van der Waals surface area contributed by atoms with Crippen LogP contribution in [0.15, 0.2) is 60.7 Å². The van der Waals surface area contributed by atoms with E-state index in [-0.39, 0.29) is 12.2 Å². The van der Waals surface area contributed by atoms with Gasteiger partial charge in [0, 0.05) is 18.8 Å². The Bertz CT molecular complexity index is 626. The predicted octanol–water partition coefficient (Wildman–Crippen LogP) is 5.68. The van der Waals surface area contributed by atoms with Gasteiger partial charge in [0.05, 0.1) is 5.67 Å². The van der Waals surface area contributed by atoms with Crippen LogP contribution in [-0.2, 0) is 8.85 Å². The van der Waals surface area contributed by atoms with E-state index in [0.29, 0.717) is 5.67 Å². The van der Waals surface area contributed by atoms with Crippen molar-refractivity contribution in [2.24, 2.45) is 0 Å². The normalized spacial score (nSPS) is 12.4. The summed E-state index contributed by atoms with van der Waals surface area (Å²) in [4.78, 5) is 0. The number of benzene rings is 2. The molecule has 0 aromatic heterocycles. The lowest BCUT2D eigenvalue weighted by molar-refractivity contribution is 0.111. The van der Waals surface area contributed by atoms with Crippen molar-refractivity contribution in [1.29, 1.82) is 0 Å². The second-order valence-electron chi connectivity index (χ2n) is 7.61. The molecule has 0 spiro atoms. The predicted molar refractivity (Wildman–Crippen MR) is 115 cm³/mol. The number of rotatable bonds is 10.